The number of sulfone groups is 1. The van der Waals surface area contributed by atoms with E-state index in [1.54, 1.807) is 18.4 Å². The minimum absolute atomic E-state index is 0.00253. The lowest BCUT2D eigenvalue weighted by Crippen LogP contribution is -2.05. The highest BCUT2D eigenvalue weighted by Crippen LogP contribution is 2.32. The zero-order valence-electron chi connectivity index (χ0n) is 9.34. The molecule has 0 spiro atoms. The minimum Gasteiger partial charge on any atom is -0.383 e. The molecule has 0 aliphatic heterocycles. The quantitative estimate of drug-likeness (QED) is 0.849. The number of anilines is 1. The number of halogens is 1. The third-order valence-corrected chi connectivity index (χ3v) is 5.16. The minimum atomic E-state index is -3.72. The molecule has 3 N–H and O–H groups in total. The van der Waals surface area contributed by atoms with E-state index in [1.165, 1.54) is 23.9 Å². The maximum atomic E-state index is 12.4. The average Bonchev–Trinajstić information content (AvgIpc) is 2.71. The standard InChI is InChI=1S/C10H10ClN3O2S2/c1-17-10-8(9(12)13-14-10)18(15,16)7-4-2-3-6(11)5-7/h2-5H,1H3,(H3,12,13,14). The van der Waals surface area contributed by atoms with Crippen molar-refractivity contribution in [1.29, 1.82) is 0 Å². The number of thioether (sulfide) groups is 1. The molecule has 0 aliphatic carbocycles. The topological polar surface area (TPSA) is 88.8 Å². The molecule has 0 atom stereocenters. The van der Waals surface area contributed by atoms with Gasteiger partial charge >= 0.3 is 0 Å². The number of H-pyrrole nitrogens is 1. The Balaban J connectivity index is 2.65. The molecular weight excluding hydrogens is 294 g/mol. The van der Waals surface area contributed by atoms with Gasteiger partial charge in [0.15, 0.2) is 0 Å². The summed E-state index contributed by atoms with van der Waals surface area (Å²) in [6.07, 6.45) is 1.73. The highest BCUT2D eigenvalue weighted by Gasteiger charge is 2.27. The van der Waals surface area contributed by atoms with E-state index >= 15 is 0 Å². The number of aromatic amines is 1. The van der Waals surface area contributed by atoms with Crippen molar-refractivity contribution in [2.45, 2.75) is 14.8 Å². The maximum absolute atomic E-state index is 12.4. The molecule has 1 aromatic carbocycles. The van der Waals surface area contributed by atoms with Crippen LogP contribution in [0.15, 0.2) is 39.1 Å². The molecule has 8 heteroatoms. The van der Waals surface area contributed by atoms with Crippen molar-refractivity contribution in [3.63, 3.8) is 0 Å². The fraction of sp³-hybridized carbons (Fsp3) is 0.100. The first-order valence-corrected chi connectivity index (χ1v) is 7.94. The lowest BCUT2D eigenvalue weighted by molar-refractivity contribution is 0.594. The van der Waals surface area contributed by atoms with Crippen LogP contribution in [0.25, 0.3) is 0 Å². The number of hydrogen-bond donors (Lipinski definition) is 2. The van der Waals surface area contributed by atoms with Crippen LogP contribution in [0.5, 0.6) is 0 Å². The molecule has 1 heterocycles. The van der Waals surface area contributed by atoms with Gasteiger partial charge in [-0.25, -0.2) is 8.42 Å². The second kappa shape index (κ2) is 4.83. The SMILES string of the molecule is CSc1n[nH]c(N)c1S(=O)(=O)c1cccc(Cl)c1. The first kappa shape index (κ1) is 13.3. The first-order valence-electron chi connectivity index (χ1n) is 4.85. The fourth-order valence-corrected chi connectivity index (χ4v) is 4.13. The van der Waals surface area contributed by atoms with E-state index in [9.17, 15) is 8.42 Å². The summed E-state index contributed by atoms with van der Waals surface area (Å²) in [4.78, 5) is 0.0932. The van der Waals surface area contributed by atoms with E-state index in [-0.39, 0.29) is 15.6 Å². The smallest absolute Gasteiger partial charge is 0.213 e. The zero-order chi connectivity index (χ0) is 13.3. The number of nitrogens with one attached hydrogen (secondary N) is 1. The predicted molar refractivity (Wildman–Crippen MR) is 71.7 cm³/mol. The highest BCUT2D eigenvalue weighted by atomic mass is 35.5. The Kier molecular flexibility index (Phi) is 3.56. The molecular formula is C10H10ClN3O2S2. The number of aromatic nitrogens is 2. The van der Waals surface area contributed by atoms with Crippen LogP contribution in [0.1, 0.15) is 0 Å². The van der Waals surface area contributed by atoms with Gasteiger partial charge < -0.3 is 5.73 Å². The van der Waals surface area contributed by atoms with Crippen LogP contribution in [-0.4, -0.2) is 24.9 Å². The van der Waals surface area contributed by atoms with E-state index in [0.717, 1.165) is 0 Å². The van der Waals surface area contributed by atoms with Crippen molar-refractivity contribution in [2.75, 3.05) is 12.0 Å². The van der Waals surface area contributed by atoms with Crippen LogP contribution in [0.4, 0.5) is 5.82 Å². The number of hydrogen-bond acceptors (Lipinski definition) is 5. The average molecular weight is 304 g/mol. The number of rotatable bonds is 3. The van der Waals surface area contributed by atoms with Crippen LogP contribution in [0.2, 0.25) is 5.02 Å². The van der Waals surface area contributed by atoms with Crippen molar-refractivity contribution >= 4 is 39.0 Å². The fourth-order valence-electron chi connectivity index (χ4n) is 1.48. The van der Waals surface area contributed by atoms with Crippen molar-refractivity contribution < 1.29 is 8.42 Å². The van der Waals surface area contributed by atoms with Crippen LogP contribution in [0, 0.1) is 0 Å². The largest absolute Gasteiger partial charge is 0.383 e. The second-order valence-electron chi connectivity index (χ2n) is 3.44. The van der Waals surface area contributed by atoms with Gasteiger partial charge in [-0.3, -0.25) is 5.10 Å². The van der Waals surface area contributed by atoms with Crippen LogP contribution in [0.3, 0.4) is 0 Å². The lowest BCUT2D eigenvalue weighted by atomic mass is 10.4. The van der Waals surface area contributed by atoms with E-state index in [0.29, 0.717) is 10.0 Å². The Hall–Kier alpha value is -1.18. The number of nitrogen functional groups attached to an aromatic ring is 1. The van der Waals surface area contributed by atoms with Gasteiger partial charge in [0.05, 0.1) is 4.90 Å². The van der Waals surface area contributed by atoms with Gasteiger partial charge in [0.25, 0.3) is 0 Å². The Morgan fingerprint density at radius 2 is 2.17 bits per heavy atom. The molecule has 0 bridgehead atoms. The van der Waals surface area contributed by atoms with Crippen molar-refractivity contribution in [2.24, 2.45) is 0 Å². The molecule has 0 saturated heterocycles. The van der Waals surface area contributed by atoms with Crippen molar-refractivity contribution in [3.8, 4) is 0 Å². The predicted octanol–water partition coefficient (Wildman–Crippen LogP) is 2.20. The molecule has 2 aromatic rings. The van der Waals surface area contributed by atoms with Crippen molar-refractivity contribution in [3.05, 3.63) is 29.3 Å². The Bertz CT molecular complexity index is 682. The molecule has 0 saturated carbocycles. The third kappa shape index (κ3) is 2.21. The molecule has 0 aliphatic rings. The summed E-state index contributed by atoms with van der Waals surface area (Å²) in [5.41, 5.74) is 5.63. The molecule has 0 unspecified atom stereocenters. The van der Waals surface area contributed by atoms with Gasteiger partial charge in [0.1, 0.15) is 15.7 Å². The molecule has 1 aromatic heterocycles. The van der Waals surface area contributed by atoms with E-state index < -0.39 is 9.84 Å². The van der Waals surface area contributed by atoms with Gasteiger partial charge in [0, 0.05) is 5.02 Å². The summed E-state index contributed by atoms with van der Waals surface area (Å²) >= 11 is 7.01. The molecule has 96 valence electrons. The summed E-state index contributed by atoms with van der Waals surface area (Å²) in [5, 5.41) is 7.01. The summed E-state index contributed by atoms with van der Waals surface area (Å²) < 4.78 is 24.9. The summed E-state index contributed by atoms with van der Waals surface area (Å²) in [6.45, 7) is 0. The first-order chi connectivity index (χ1) is 8.46. The van der Waals surface area contributed by atoms with Gasteiger partial charge in [-0.05, 0) is 24.5 Å². The number of nitrogens with two attached hydrogens (primary N) is 1. The summed E-state index contributed by atoms with van der Waals surface area (Å²) in [7, 11) is -3.72. The van der Waals surface area contributed by atoms with Crippen LogP contribution < -0.4 is 5.73 Å². The molecule has 5 nitrogen and oxygen atoms in total. The zero-order valence-corrected chi connectivity index (χ0v) is 11.7. The Morgan fingerprint density at radius 3 is 2.78 bits per heavy atom. The Morgan fingerprint density at radius 1 is 1.44 bits per heavy atom. The van der Waals surface area contributed by atoms with Gasteiger partial charge in [0.2, 0.25) is 9.84 Å². The highest BCUT2D eigenvalue weighted by molar-refractivity contribution is 7.99. The summed E-state index contributed by atoms with van der Waals surface area (Å²) in [6, 6.07) is 6.03. The third-order valence-electron chi connectivity index (χ3n) is 2.29. The Labute approximate surface area is 114 Å². The number of benzene rings is 1. The van der Waals surface area contributed by atoms with Gasteiger partial charge in [-0.2, -0.15) is 5.10 Å². The normalized spacial score (nSPS) is 11.7. The van der Waals surface area contributed by atoms with Crippen LogP contribution >= 0.6 is 23.4 Å². The van der Waals surface area contributed by atoms with E-state index in [4.69, 9.17) is 17.3 Å². The monoisotopic (exact) mass is 303 g/mol. The number of nitrogens with zero attached hydrogens (tertiary/aromatic N) is 1. The lowest BCUT2D eigenvalue weighted by Gasteiger charge is -2.05. The molecule has 0 fully saturated rings. The molecule has 18 heavy (non-hydrogen) atoms. The van der Waals surface area contributed by atoms with Gasteiger partial charge in [-0.15, -0.1) is 11.8 Å². The van der Waals surface area contributed by atoms with Crippen molar-refractivity contribution in [1.82, 2.24) is 10.2 Å². The second-order valence-corrected chi connectivity index (χ2v) is 6.55. The van der Waals surface area contributed by atoms with E-state index in [2.05, 4.69) is 10.2 Å². The van der Waals surface area contributed by atoms with Gasteiger partial charge in [-0.1, -0.05) is 17.7 Å². The van der Waals surface area contributed by atoms with Crippen LogP contribution in [-0.2, 0) is 9.84 Å². The summed E-state index contributed by atoms with van der Waals surface area (Å²) in [5.74, 6) is 0.0272. The molecule has 0 amide bonds. The molecule has 2 rings (SSSR count). The maximum Gasteiger partial charge on any atom is 0.213 e. The van der Waals surface area contributed by atoms with E-state index in [1.807, 2.05) is 0 Å². The molecule has 0 radical (unpaired) electrons.